The number of aliphatic carboxylic acids is 1. The summed E-state index contributed by atoms with van der Waals surface area (Å²) in [4.78, 5) is 11.0. The van der Waals surface area contributed by atoms with Gasteiger partial charge in [0.1, 0.15) is 0 Å². The van der Waals surface area contributed by atoms with Gasteiger partial charge in [-0.2, -0.15) is 39.5 Å². The molecule has 160 valence electrons. The van der Waals surface area contributed by atoms with Crippen LogP contribution in [0, 0.1) is 11.8 Å². The fourth-order valence-corrected chi connectivity index (χ4v) is 2.91. The van der Waals surface area contributed by atoms with Gasteiger partial charge in [-0.15, -0.1) is 0 Å². The van der Waals surface area contributed by atoms with Crippen molar-refractivity contribution in [2.45, 2.75) is 38.3 Å². The molecule has 2 unspecified atom stereocenters. The Morgan fingerprint density at radius 2 is 1.46 bits per heavy atom. The number of nitrogens with two attached hydrogens (primary N) is 1. The van der Waals surface area contributed by atoms with E-state index < -0.39 is 65.0 Å². The average molecular weight is 425 g/mol. The third kappa shape index (κ3) is 5.76. The number of carbonyl (C=O) groups is 1. The molecule has 1 aromatic rings. The normalized spacial score (nSPS) is 15.4. The number of carboxylic acid groups (broad SMARTS) is 1. The van der Waals surface area contributed by atoms with Gasteiger partial charge in [-0.25, -0.2) is 0 Å². The number of rotatable bonds is 6. The molecule has 0 spiro atoms. The quantitative estimate of drug-likeness (QED) is 0.633. The molecule has 0 fully saturated rings. The summed E-state index contributed by atoms with van der Waals surface area (Å²) in [6, 6.07) is 0.299. The minimum atomic E-state index is -5.91. The van der Waals surface area contributed by atoms with Gasteiger partial charge in [0.15, 0.2) is 0 Å². The Bertz CT molecular complexity index is 708. The zero-order valence-electron chi connectivity index (χ0n) is 14.3. The van der Waals surface area contributed by atoms with Gasteiger partial charge >= 0.3 is 24.5 Å². The Morgan fingerprint density at radius 1 is 0.964 bits per heavy atom. The van der Waals surface area contributed by atoms with Gasteiger partial charge in [0.05, 0.1) is 22.6 Å². The van der Waals surface area contributed by atoms with Gasteiger partial charge in [-0.05, 0) is 30.4 Å². The molecule has 0 aliphatic heterocycles. The zero-order chi connectivity index (χ0) is 22.1. The smallest absolute Gasteiger partial charge is 0.417 e. The molecule has 0 aliphatic carbocycles. The molecule has 0 aliphatic rings. The highest BCUT2D eigenvalue weighted by Crippen LogP contribution is 2.48. The van der Waals surface area contributed by atoms with Crippen molar-refractivity contribution in [3.05, 3.63) is 34.4 Å². The van der Waals surface area contributed by atoms with Crippen molar-refractivity contribution in [2.24, 2.45) is 17.6 Å². The minimum Gasteiger partial charge on any atom is -0.481 e. The van der Waals surface area contributed by atoms with Gasteiger partial charge in [-0.3, -0.25) is 4.79 Å². The van der Waals surface area contributed by atoms with Crippen molar-refractivity contribution < 1.29 is 49.4 Å². The predicted octanol–water partition coefficient (Wildman–Crippen LogP) is 4.97. The van der Waals surface area contributed by atoms with E-state index in [-0.39, 0.29) is 19.0 Å². The fourth-order valence-electron chi connectivity index (χ4n) is 2.91. The van der Waals surface area contributed by atoms with Crippen LogP contribution in [0.4, 0.5) is 39.5 Å². The summed E-state index contributed by atoms with van der Waals surface area (Å²) in [5.74, 6) is -3.38. The first-order valence-corrected chi connectivity index (χ1v) is 7.80. The molecule has 0 bridgehead atoms. The molecule has 3 nitrogen and oxygen atoms in total. The molecule has 0 heterocycles. The molecule has 1 aromatic carbocycles. The van der Waals surface area contributed by atoms with Crippen LogP contribution in [0.2, 0.25) is 0 Å². The summed E-state index contributed by atoms with van der Waals surface area (Å²) in [6.45, 7) is 0.920. The van der Waals surface area contributed by atoms with E-state index in [1.54, 1.807) is 0 Å². The van der Waals surface area contributed by atoms with Crippen LogP contribution >= 0.6 is 0 Å². The molecular formula is C16H16F9NO2. The maximum absolute atomic E-state index is 13.3. The van der Waals surface area contributed by atoms with Crippen LogP contribution in [-0.2, 0) is 29.7 Å². The monoisotopic (exact) mass is 425 g/mol. The largest absolute Gasteiger partial charge is 0.481 e. The lowest BCUT2D eigenvalue weighted by molar-refractivity contribution is -0.175. The molecule has 1 rings (SSSR count). The van der Waals surface area contributed by atoms with E-state index in [1.165, 1.54) is 6.92 Å². The van der Waals surface area contributed by atoms with Crippen molar-refractivity contribution in [3.63, 3.8) is 0 Å². The summed E-state index contributed by atoms with van der Waals surface area (Å²) in [5.41, 5.74) is -3.42. The van der Waals surface area contributed by atoms with E-state index in [0.29, 0.717) is 6.07 Å². The molecule has 0 saturated carbocycles. The Hall–Kier alpha value is -1.98. The lowest BCUT2D eigenvalue weighted by atomic mass is 9.86. The summed E-state index contributed by atoms with van der Waals surface area (Å²) in [5, 5.41) is 8.92. The lowest BCUT2D eigenvalue weighted by Gasteiger charge is -2.25. The highest BCUT2D eigenvalue weighted by atomic mass is 19.4. The first-order valence-electron chi connectivity index (χ1n) is 7.80. The number of benzene rings is 1. The summed E-state index contributed by atoms with van der Waals surface area (Å²) >= 11 is 0. The van der Waals surface area contributed by atoms with Gasteiger partial charge in [-0.1, -0.05) is 13.0 Å². The summed E-state index contributed by atoms with van der Waals surface area (Å²) in [6.07, 6.45) is -18.2. The standard InChI is InChI=1S/C16H16F9NO2/c1-7(5-9(6-26)13(27)28)4-8-2-3-10(14(17,18)19)12(16(23,24)25)11(8)15(20,21)22/h2-3,7,9H,4-6,26H2,1H3,(H,27,28). The topological polar surface area (TPSA) is 63.3 Å². The molecule has 28 heavy (non-hydrogen) atoms. The molecule has 0 saturated heterocycles. The SMILES string of the molecule is CC(Cc1ccc(C(F)(F)F)c(C(F)(F)F)c1C(F)(F)F)CC(CN)C(=O)O. The Morgan fingerprint density at radius 3 is 1.82 bits per heavy atom. The number of carboxylic acids is 1. The Balaban J connectivity index is 3.55. The number of hydrogen-bond acceptors (Lipinski definition) is 2. The van der Waals surface area contributed by atoms with Crippen LogP contribution in [0.15, 0.2) is 12.1 Å². The predicted molar refractivity (Wildman–Crippen MR) is 79.1 cm³/mol. The fraction of sp³-hybridized carbons (Fsp3) is 0.562. The van der Waals surface area contributed by atoms with Gasteiger partial charge in [0.2, 0.25) is 0 Å². The van der Waals surface area contributed by atoms with Crippen molar-refractivity contribution in [1.29, 1.82) is 0 Å². The van der Waals surface area contributed by atoms with E-state index >= 15 is 0 Å². The Labute approximate surface area is 153 Å². The van der Waals surface area contributed by atoms with E-state index in [9.17, 15) is 44.3 Å². The maximum atomic E-state index is 13.3. The first-order chi connectivity index (χ1) is 12.5. The van der Waals surface area contributed by atoms with Crippen LogP contribution in [-0.4, -0.2) is 17.6 Å². The maximum Gasteiger partial charge on any atom is 0.417 e. The molecule has 0 radical (unpaired) electrons. The van der Waals surface area contributed by atoms with E-state index in [2.05, 4.69) is 0 Å². The van der Waals surface area contributed by atoms with E-state index in [4.69, 9.17) is 10.8 Å². The summed E-state index contributed by atoms with van der Waals surface area (Å²) in [7, 11) is 0. The highest BCUT2D eigenvalue weighted by Gasteiger charge is 2.51. The second-order valence-electron chi connectivity index (χ2n) is 6.33. The van der Waals surface area contributed by atoms with Crippen LogP contribution in [0.1, 0.15) is 35.6 Å². The third-order valence-corrected chi connectivity index (χ3v) is 4.05. The zero-order valence-corrected chi connectivity index (χ0v) is 14.3. The second kappa shape index (κ2) is 8.18. The lowest BCUT2D eigenvalue weighted by Crippen LogP contribution is -2.27. The number of alkyl halides is 9. The van der Waals surface area contributed by atoms with Crippen LogP contribution in [0.5, 0.6) is 0 Å². The molecule has 3 N–H and O–H groups in total. The van der Waals surface area contributed by atoms with Crippen molar-refractivity contribution in [2.75, 3.05) is 6.54 Å². The van der Waals surface area contributed by atoms with Crippen molar-refractivity contribution >= 4 is 5.97 Å². The molecular weight excluding hydrogens is 409 g/mol. The van der Waals surface area contributed by atoms with Gasteiger partial charge in [0.25, 0.3) is 0 Å². The Kier molecular flexibility index (Phi) is 7.02. The molecule has 0 aromatic heterocycles. The van der Waals surface area contributed by atoms with E-state index in [1.807, 2.05) is 0 Å². The van der Waals surface area contributed by atoms with Crippen molar-refractivity contribution in [3.8, 4) is 0 Å². The van der Waals surface area contributed by atoms with Crippen LogP contribution in [0.3, 0.4) is 0 Å². The number of hydrogen-bond donors (Lipinski definition) is 2. The first kappa shape index (κ1) is 24.1. The second-order valence-corrected chi connectivity index (χ2v) is 6.33. The van der Waals surface area contributed by atoms with Gasteiger partial charge < -0.3 is 10.8 Å². The van der Waals surface area contributed by atoms with Gasteiger partial charge in [0, 0.05) is 6.54 Å². The minimum absolute atomic E-state index is 0.0439. The molecule has 0 amide bonds. The number of halogens is 9. The average Bonchev–Trinajstić information content (AvgIpc) is 2.48. The summed E-state index contributed by atoms with van der Waals surface area (Å²) < 4.78 is 118. The molecule has 2 atom stereocenters. The molecule has 12 heteroatoms. The van der Waals surface area contributed by atoms with Crippen molar-refractivity contribution in [1.82, 2.24) is 0 Å². The third-order valence-electron chi connectivity index (χ3n) is 4.05. The van der Waals surface area contributed by atoms with Crippen LogP contribution in [0.25, 0.3) is 0 Å². The van der Waals surface area contributed by atoms with E-state index in [0.717, 1.165) is 0 Å². The highest BCUT2D eigenvalue weighted by molar-refractivity contribution is 5.70. The van der Waals surface area contributed by atoms with Crippen LogP contribution < -0.4 is 5.73 Å².